The molecule has 2 heterocycles. The van der Waals surface area contributed by atoms with Gasteiger partial charge in [-0.2, -0.15) is 0 Å². The Labute approximate surface area is 212 Å². The maximum Gasteiger partial charge on any atom is 0.207 e. The number of Topliss-reactive ketones (excluding diaryl/α,β-unsaturated/α-hetero) is 1. The molecule has 2 aliphatic heterocycles. The molecule has 1 N–H and O–H groups in total. The van der Waals surface area contributed by atoms with E-state index in [0.717, 1.165) is 24.0 Å². The summed E-state index contributed by atoms with van der Waals surface area (Å²) in [6.07, 6.45) is 2.80. The predicted octanol–water partition coefficient (Wildman–Crippen LogP) is 2.45. The smallest absolute Gasteiger partial charge is 0.207 e. The number of rotatable bonds is 9. The Balaban J connectivity index is 2.37. The minimum Gasteiger partial charge on any atom is -0.492 e. The Morgan fingerprint density at radius 2 is 1.60 bits per heavy atom. The van der Waals surface area contributed by atoms with Crippen molar-refractivity contribution in [1.82, 2.24) is 4.90 Å². The van der Waals surface area contributed by atoms with Gasteiger partial charge in [0.25, 0.3) is 0 Å². The van der Waals surface area contributed by atoms with Gasteiger partial charge in [0, 0.05) is 30.3 Å². The van der Waals surface area contributed by atoms with Gasteiger partial charge in [-0.1, -0.05) is 40.5 Å². The van der Waals surface area contributed by atoms with Crippen LogP contribution in [0.3, 0.4) is 0 Å². The van der Waals surface area contributed by atoms with Crippen molar-refractivity contribution in [2.24, 2.45) is 11.3 Å². The molecule has 1 aromatic rings. The number of ether oxygens (including phenoxy) is 4. The molecule has 2 aliphatic rings. The normalized spacial score (nSPS) is 26.8. The molecule has 0 aromatic heterocycles. The number of hydrogen-bond donors (Lipinski definition) is 1. The summed E-state index contributed by atoms with van der Waals surface area (Å²) >= 11 is 0. The zero-order valence-corrected chi connectivity index (χ0v) is 24.8. The van der Waals surface area contributed by atoms with Gasteiger partial charge in [-0.15, -0.1) is 0 Å². The van der Waals surface area contributed by atoms with Gasteiger partial charge in [-0.3, -0.25) is 9.69 Å². The summed E-state index contributed by atoms with van der Waals surface area (Å²) in [5.41, 5.74) is 0.261. The second kappa shape index (κ2) is 10.7. The molecule has 8 nitrogen and oxygen atoms in total. The van der Waals surface area contributed by atoms with Gasteiger partial charge in [-0.25, -0.2) is 0 Å². The SMILES string of the molecule is CCCCC1(O)CN2C(c3c(c(OC)c(OC)c(OC)c3OC)C[C@H]2C(C)(C)C)C(CO[SiH3])C1=O. The Morgan fingerprint density at radius 3 is 2.09 bits per heavy atom. The van der Waals surface area contributed by atoms with Crippen LogP contribution >= 0.6 is 0 Å². The number of hydrogen-bond acceptors (Lipinski definition) is 8. The van der Waals surface area contributed by atoms with Crippen LogP contribution < -0.4 is 18.9 Å². The van der Waals surface area contributed by atoms with E-state index in [0.29, 0.717) is 46.3 Å². The number of nitrogens with zero attached hydrogens (tertiary/aromatic N) is 1. The molecule has 198 valence electrons. The lowest BCUT2D eigenvalue weighted by atomic mass is 9.67. The molecule has 0 spiro atoms. The molecule has 0 bridgehead atoms. The van der Waals surface area contributed by atoms with Crippen LogP contribution in [0.15, 0.2) is 0 Å². The third-order valence-corrected chi connectivity index (χ3v) is 7.97. The molecular weight excluding hydrogens is 466 g/mol. The van der Waals surface area contributed by atoms with Crippen LogP contribution in [0, 0.1) is 11.3 Å². The molecule has 3 rings (SSSR count). The standard InChI is InChI=1S/C26H43NO7Si/c1-9-10-11-26(29)14-27-17(25(2,3)4)12-15-18(19(27)16(13-34-35)24(26)28)21(31-6)23(33-8)22(32-7)20(15)30-5/h16-17,19,29H,9-14H2,1-8,35H3/t16?,17-,19?,26?/m0/s1. The summed E-state index contributed by atoms with van der Waals surface area (Å²) < 4.78 is 29.0. The number of carbonyl (C=O) groups is 1. The lowest BCUT2D eigenvalue weighted by Crippen LogP contribution is -2.66. The molecule has 1 aromatic carbocycles. The number of piperidine rings is 1. The van der Waals surface area contributed by atoms with E-state index in [-0.39, 0.29) is 36.4 Å². The highest BCUT2D eigenvalue weighted by Gasteiger charge is 2.57. The molecule has 1 fully saturated rings. The lowest BCUT2D eigenvalue weighted by Gasteiger charge is -2.56. The van der Waals surface area contributed by atoms with Gasteiger partial charge in [-0.05, 0) is 18.3 Å². The van der Waals surface area contributed by atoms with E-state index >= 15 is 0 Å². The topological polar surface area (TPSA) is 86.7 Å². The predicted molar refractivity (Wildman–Crippen MR) is 138 cm³/mol. The van der Waals surface area contributed by atoms with Crippen LogP contribution in [-0.4, -0.2) is 79.5 Å². The average Bonchev–Trinajstić information content (AvgIpc) is 2.82. The summed E-state index contributed by atoms with van der Waals surface area (Å²) in [7, 11) is 6.87. The second-order valence-corrected chi connectivity index (χ2v) is 11.4. The molecule has 1 saturated heterocycles. The first-order valence-corrected chi connectivity index (χ1v) is 13.3. The van der Waals surface area contributed by atoms with Crippen LogP contribution in [0.2, 0.25) is 0 Å². The molecule has 9 heteroatoms. The van der Waals surface area contributed by atoms with Gasteiger partial charge in [0.05, 0.1) is 40.4 Å². The van der Waals surface area contributed by atoms with E-state index in [1.54, 1.807) is 28.4 Å². The van der Waals surface area contributed by atoms with Crippen LogP contribution in [0.25, 0.3) is 0 Å². The fourth-order valence-corrected chi connectivity index (χ4v) is 6.39. The van der Waals surface area contributed by atoms with Gasteiger partial charge >= 0.3 is 0 Å². The van der Waals surface area contributed by atoms with E-state index in [2.05, 4.69) is 32.6 Å². The average molecular weight is 510 g/mol. The zero-order chi connectivity index (χ0) is 26.1. The summed E-state index contributed by atoms with van der Waals surface area (Å²) in [4.78, 5) is 16.2. The highest BCUT2D eigenvalue weighted by Crippen LogP contribution is 2.58. The Kier molecular flexibility index (Phi) is 8.46. The zero-order valence-electron chi connectivity index (χ0n) is 22.8. The first-order valence-electron chi connectivity index (χ1n) is 12.4. The summed E-state index contributed by atoms with van der Waals surface area (Å²) in [6, 6.07) is -0.315. The molecular formula is C26H43NO7Si. The minimum absolute atomic E-state index is 0.0366. The molecule has 0 aliphatic carbocycles. The quantitative estimate of drug-likeness (QED) is 0.508. The fourth-order valence-electron chi connectivity index (χ4n) is 6.03. The molecule has 35 heavy (non-hydrogen) atoms. The van der Waals surface area contributed by atoms with Crippen molar-refractivity contribution >= 4 is 16.3 Å². The van der Waals surface area contributed by atoms with Crippen molar-refractivity contribution in [3.8, 4) is 23.0 Å². The highest BCUT2D eigenvalue weighted by molar-refractivity contribution is 5.98. The number of methoxy groups -OCH3 is 4. The fraction of sp³-hybridized carbons (Fsp3) is 0.731. The maximum absolute atomic E-state index is 13.9. The molecule has 3 unspecified atom stereocenters. The highest BCUT2D eigenvalue weighted by atomic mass is 28.2. The van der Waals surface area contributed by atoms with E-state index in [9.17, 15) is 9.90 Å². The monoisotopic (exact) mass is 509 g/mol. The third kappa shape index (κ3) is 4.68. The van der Waals surface area contributed by atoms with Crippen molar-refractivity contribution in [3.63, 3.8) is 0 Å². The van der Waals surface area contributed by atoms with Crippen LogP contribution in [0.5, 0.6) is 23.0 Å². The lowest BCUT2D eigenvalue weighted by molar-refractivity contribution is -0.166. The van der Waals surface area contributed by atoms with Crippen molar-refractivity contribution in [1.29, 1.82) is 0 Å². The summed E-state index contributed by atoms with van der Waals surface area (Å²) in [5, 5.41) is 11.7. The third-order valence-electron chi connectivity index (χ3n) is 7.64. The van der Waals surface area contributed by atoms with Crippen molar-refractivity contribution in [2.75, 3.05) is 41.6 Å². The van der Waals surface area contributed by atoms with Gasteiger partial charge in [0.15, 0.2) is 17.3 Å². The largest absolute Gasteiger partial charge is 0.492 e. The number of carbonyl (C=O) groups excluding carboxylic acids is 1. The Bertz CT molecular complexity index is 932. The van der Waals surface area contributed by atoms with E-state index < -0.39 is 11.5 Å². The van der Waals surface area contributed by atoms with Gasteiger partial charge < -0.3 is 28.5 Å². The van der Waals surface area contributed by atoms with Gasteiger partial charge in [0.2, 0.25) is 11.5 Å². The molecule has 0 amide bonds. The van der Waals surface area contributed by atoms with Crippen molar-refractivity contribution < 1.29 is 33.3 Å². The number of unbranched alkanes of at least 4 members (excludes halogenated alkanes) is 1. The number of aliphatic hydroxyl groups is 1. The van der Waals surface area contributed by atoms with Crippen LogP contribution in [0.1, 0.15) is 64.1 Å². The summed E-state index contributed by atoms with van der Waals surface area (Å²) in [5.74, 6) is 1.34. The van der Waals surface area contributed by atoms with Gasteiger partial charge in [0.1, 0.15) is 16.1 Å². The maximum atomic E-state index is 13.9. The van der Waals surface area contributed by atoms with E-state index in [1.165, 1.54) is 0 Å². The molecule has 4 atom stereocenters. The first-order chi connectivity index (χ1) is 16.5. The van der Waals surface area contributed by atoms with Crippen LogP contribution in [0.4, 0.5) is 0 Å². The van der Waals surface area contributed by atoms with E-state index in [1.807, 2.05) is 0 Å². The molecule has 0 radical (unpaired) electrons. The number of fused-ring (bicyclic) bond motifs is 3. The number of benzene rings is 1. The first kappa shape index (κ1) is 27.8. The minimum atomic E-state index is -1.41. The van der Waals surface area contributed by atoms with Crippen molar-refractivity contribution in [2.45, 2.75) is 71.1 Å². The summed E-state index contributed by atoms with van der Waals surface area (Å²) in [6.45, 7) is 9.19. The van der Waals surface area contributed by atoms with Crippen LogP contribution in [-0.2, 0) is 15.6 Å². The van der Waals surface area contributed by atoms with Crippen molar-refractivity contribution in [3.05, 3.63) is 11.1 Å². The Morgan fingerprint density at radius 1 is 1.03 bits per heavy atom. The molecule has 0 saturated carbocycles. The number of ketones is 1. The second-order valence-electron chi connectivity index (χ2n) is 10.8. The Hall–Kier alpha value is -1.81. The van der Waals surface area contributed by atoms with E-state index in [4.69, 9.17) is 23.4 Å².